The second-order valence-corrected chi connectivity index (χ2v) is 6.44. The summed E-state index contributed by atoms with van der Waals surface area (Å²) < 4.78 is 0. The highest BCUT2D eigenvalue weighted by Crippen LogP contribution is 2.43. The van der Waals surface area contributed by atoms with E-state index in [0.29, 0.717) is 10.4 Å². The van der Waals surface area contributed by atoms with Gasteiger partial charge in [-0.2, -0.15) is 0 Å². The minimum atomic E-state index is 0.492. The Kier molecular flexibility index (Phi) is 4.57. The number of pyridine rings is 1. The van der Waals surface area contributed by atoms with Gasteiger partial charge in [-0.05, 0) is 30.4 Å². The summed E-state index contributed by atoms with van der Waals surface area (Å²) in [6.45, 7) is 0. The molecule has 0 saturated heterocycles. The smallest absolute Gasteiger partial charge is 0.0961 e. The molecule has 1 fully saturated rings. The molecular weight excluding hydrogens is 306 g/mol. The van der Waals surface area contributed by atoms with Crippen LogP contribution in [0.25, 0.3) is 0 Å². The minimum Gasteiger partial charge on any atom is -0.248 e. The van der Waals surface area contributed by atoms with Gasteiger partial charge >= 0.3 is 0 Å². The lowest BCUT2D eigenvalue weighted by Gasteiger charge is -2.25. The van der Waals surface area contributed by atoms with Crippen LogP contribution in [0.1, 0.15) is 25.7 Å². The third-order valence-corrected chi connectivity index (χ3v) is 5.88. The van der Waals surface area contributed by atoms with Gasteiger partial charge in [-0.1, -0.05) is 40.4 Å². The summed E-state index contributed by atoms with van der Waals surface area (Å²) in [6.07, 6.45) is 7.16. The van der Waals surface area contributed by atoms with Gasteiger partial charge in [0, 0.05) is 17.3 Å². The first-order valence-electron chi connectivity index (χ1n) is 5.54. The van der Waals surface area contributed by atoms with E-state index in [4.69, 9.17) is 11.6 Å². The lowest BCUT2D eigenvalue weighted by molar-refractivity contribution is 0.405. The maximum Gasteiger partial charge on any atom is 0.0961 e. The van der Waals surface area contributed by atoms with Crippen LogP contribution in [0.5, 0.6) is 0 Å². The fraction of sp³-hybridized carbons (Fsp3) is 0.583. The molecule has 0 aromatic carbocycles. The Morgan fingerprint density at radius 1 is 1.38 bits per heavy atom. The molecule has 1 aliphatic carbocycles. The number of aromatic nitrogens is 1. The van der Waals surface area contributed by atoms with Crippen molar-refractivity contribution in [2.75, 3.05) is 11.1 Å². The summed E-state index contributed by atoms with van der Waals surface area (Å²) >= 11 is 11.3. The Bertz CT molecular complexity index is 335. The summed E-state index contributed by atoms with van der Waals surface area (Å²) in [5, 5.41) is 2.90. The van der Waals surface area contributed by atoms with Crippen molar-refractivity contribution >= 4 is 39.3 Å². The Balaban J connectivity index is 1.93. The van der Waals surface area contributed by atoms with Crippen molar-refractivity contribution in [1.82, 2.24) is 4.98 Å². The molecule has 0 aliphatic heterocycles. The Morgan fingerprint density at radius 3 is 2.69 bits per heavy atom. The second kappa shape index (κ2) is 5.74. The lowest BCUT2D eigenvalue weighted by atomic mass is 9.92. The molecule has 0 atom stereocenters. The van der Waals surface area contributed by atoms with Crippen molar-refractivity contribution in [3.63, 3.8) is 0 Å². The van der Waals surface area contributed by atoms with E-state index in [1.54, 1.807) is 6.20 Å². The van der Waals surface area contributed by atoms with Gasteiger partial charge in [0.15, 0.2) is 0 Å². The standard InChI is InChI=1S/C12H15BrClNS/c13-8-12(5-1-2-6-12)9-16-11-4-3-10(14)7-15-11/h3-4,7H,1-2,5-6,8-9H2. The topological polar surface area (TPSA) is 12.9 Å². The number of thioether (sulfide) groups is 1. The molecule has 0 radical (unpaired) electrons. The molecule has 0 bridgehead atoms. The van der Waals surface area contributed by atoms with Crippen molar-refractivity contribution in [3.8, 4) is 0 Å². The summed E-state index contributed by atoms with van der Waals surface area (Å²) in [4.78, 5) is 4.32. The predicted octanol–water partition coefficient (Wildman–Crippen LogP) is 4.78. The van der Waals surface area contributed by atoms with Crippen LogP contribution in [0.4, 0.5) is 0 Å². The molecule has 1 saturated carbocycles. The van der Waals surface area contributed by atoms with Crippen LogP contribution in [0, 0.1) is 5.41 Å². The highest BCUT2D eigenvalue weighted by molar-refractivity contribution is 9.09. The average Bonchev–Trinajstić information content (AvgIpc) is 2.78. The van der Waals surface area contributed by atoms with E-state index in [1.165, 1.54) is 25.7 Å². The Morgan fingerprint density at radius 2 is 2.12 bits per heavy atom. The molecule has 2 rings (SSSR count). The van der Waals surface area contributed by atoms with Crippen LogP contribution in [0.3, 0.4) is 0 Å². The third kappa shape index (κ3) is 3.14. The SMILES string of the molecule is Clc1ccc(SCC2(CBr)CCCC2)nc1. The highest BCUT2D eigenvalue weighted by Gasteiger charge is 2.32. The quantitative estimate of drug-likeness (QED) is 0.585. The number of nitrogens with zero attached hydrogens (tertiary/aromatic N) is 1. The third-order valence-electron chi connectivity index (χ3n) is 3.17. The number of halogens is 2. The molecule has 1 nitrogen and oxygen atoms in total. The molecule has 0 spiro atoms. The molecule has 88 valence electrons. The monoisotopic (exact) mass is 319 g/mol. The zero-order chi connectivity index (χ0) is 11.4. The van der Waals surface area contributed by atoms with Crippen LogP contribution < -0.4 is 0 Å². The summed E-state index contributed by atoms with van der Waals surface area (Å²) in [6, 6.07) is 3.91. The Hall–Kier alpha value is 0.270. The van der Waals surface area contributed by atoms with E-state index in [0.717, 1.165) is 16.1 Å². The maximum atomic E-state index is 5.81. The van der Waals surface area contributed by atoms with E-state index in [-0.39, 0.29) is 0 Å². The average molecular weight is 321 g/mol. The van der Waals surface area contributed by atoms with Gasteiger partial charge in [-0.3, -0.25) is 0 Å². The van der Waals surface area contributed by atoms with Gasteiger partial charge in [-0.25, -0.2) is 4.98 Å². The molecule has 0 N–H and O–H groups in total. The number of rotatable bonds is 4. The van der Waals surface area contributed by atoms with Crippen molar-refractivity contribution in [2.45, 2.75) is 30.7 Å². The molecule has 0 unspecified atom stereocenters. The van der Waals surface area contributed by atoms with Crippen molar-refractivity contribution in [3.05, 3.63) is 23.4 Å². The van der Waals surface area contributed by atoms with Crippen LogP contribution in [0.15, 0.2) is 23.4 Å². The summed E-state index contributed by atoms with van der Waals surface area (Å²) in [5.41, 5.74) is 0.492. The highest BCUT2D eigenvalue weighted by atomic mass is 79.9. The molecule has 4 heteroatoms. The minimum absolute atomic E-state index is 0.492. The zero-order valence-corrected chi connectivity index (χ0v) is 12.2. The molecule has 1 aromatic rings. The van der Waals surface area contributed by atoms with Gasteiger partial charge in [-0.15, -0.1) is 11.8 Å². The molecular formula is C12H15BrClNS. The van der Waals surface area contributed by atoms with Crippen molar-refractivity contribution in [2.24, 2.45) is 5.41 Å². The van der Waals surface area contributed by atoms with Crippen LogP contribution in [-0.4, -0.2) is 16.1 Å². The fourth-order valence-electron chi connectivity index (χ4n) is 2.12. The van der Waals surface area contributed by atoms with Crippen LogP contribution in [-0.2, 0) is 0 Å². The van der Waals surface area contributed by atoms with E-state index in [2.05, 4.69) is 20.9 Å². The number of hydrogen-bond donors (Lipinski definition) is 0. The molecule has 1 heterocycles. The van der Waals surface area contributed by atoms with Crippen molar-refractivity contribution < 1.29 is 0 Å². The summed E-state index contributed by atoms with van der Waals surface area (Å²) in [7, 11) is 0. The van der Waals surface area contributed by atoms with E-state index >= 15 is 0 Å². The first-order valence-corrected chi connectivity index (χ1v) is 8.03. The molecule has 16 heavy (non-hydrogen) atoms. The largest absolute Gasteiger partial charge is 0.248 e. The molecule has 1 aliphatic rings. The lowest BCUT2D eigenvalue weighted by Crippen LogP contribution is -2.21. The summed E-state index contributed by atoms with van der Waals surface area (Å²) in [5.74, 6) is 1.16. The molecule has 0 amide bonds. The van der Waals surface area contributed by atoms with Gasteiger partial charge in [0.05, 0.1) is 10.0 Å². The van der Waals surface area contributed by atoms with E-state index in [1.807, 2.05) is 23.9 Å². The predicted molar refractivity (Wildman–Crippen MR) is 74.7 cm³/mol. The number of hydrogen-bond acceptors (Lipinski definition) is 2. The van der Waals surface area contributed by atoms with E-state index < -0.39 is 0 Å². The fourth-order valence-corrected chi connectivity index (χ4v) is 4.39. The van der Waals surface area contributed by atoms with Crippen LogP contribution >= 0.6 is 39.3 Å². The van der Waals surface area contributed by atoms with Crippen molar-refractivity contribution in [1.29, 1.82) is 0 Å². The van der Waals surface area contributed by atoms with Gasteiger partial charge in [0.1, 0.15) is 0 Å². The first kappa shape index (κ1) is 12.7. The van der Waals surface area contributed by atoms with Gasteiger partial charge in [0.2, 0.25) is 0 Å². The Labute approximate surface area is 114 Å². The normalized spacial score (nSPS) is 18.9. The van der Waals surface area contributed by atoms with Crippen LogP contribution in [0.2, 0.25) is 5.02 Å². The first-order chi connectivity index (χ1) is 7.74. The van der Waals surface area contributed by atoms with E-state index in [9.17, 15) is 0 Å². The zero-order valence-electron chi connectivity index (χ0n) is 9.09. The molecule has 1 aromatic heterocycles. The van der Waals surface area contributed by atoms with Gasteiger partial charge < -0.3 is 0 Å². The number of alkyl halides is 1. The maximum absolute atomic E-state index is 5.81. The second-order valence-electron chi connectivity index (χ2n) is 4.44. The van der Waals surface area contributed by atoms with Gasteiger partial charge in [0.25, 0.3) is 0 Å².